The molecule has 108 valence electrons. The summed E-state index contributed by atoms with van der Waals surface area (Å²) in [5.41, 5.74) is 1.39. The molecule has 0 spiro atoms. The van der Waals surface area contributed by atoms with E-state index in [4.69, 9.17) is 0 Å². The van der Waals surface area contributed by atoms with Gasteiger partial charge in [0.15, 0.2) is 0 Å². The van der Waals surface area contributed by atoms with Gasteiger partial charge in [0.1, 0.15) is 0 Å². The Morgan fingerprint density at radius 1 is 1.19 bits per heavy atom. The minimum absolute atomic E-state index is 0.426. The number of aliphatic carboxylic acids is 1. The van der Waals surface area contributed by atoms with Crippen molar-refractivity contribution in [3.05, 3.63) is 59.8 Å². The quantitative estimate of drug-likeness (QED) is 0.800. The molecule has 0 aliphatic heterocycles. The molecule has 1 aromatic heterocycles. The average Bonchev–Trinajstić information content (AvgIpc) is 2.52. The Labute approximate surface area is 126 Å². The van der Waals surface area contributed by atoms with Gasteiger partial charge in [-0.2, -0.15) is 0 Å². The lowest BCUT2D eigenvalue weighted by molar-refractivity contribution is -0.303. The molecular formula is C15H13N2O3S-. The molecule has 1 aromatic carbocycles. The van der Waals surface area contributed by atoms with Crippen molar-refractivity contribution in [2.75, 3.05) is 6.54 Å². The molecular weight excluding hydrogens is 288 g/mol. The zero-order valence-corrected chi connectivity index (χ0v) is 11.9. The van der Waals surface area contributed by atoms with Gasteiger partial charge in [0.25, 0.3) is 5.91 Å². The molecule has 0 bridgehead atoms. The fourth-order valence-electron chi connectivity index (χ4n) is 1.65. The van der Waals surface area contributed by atoms with Crippen molar-refractivity contribution < 1.29 is 14.7 Å². The number of thioether (sulfide) groups is 1. The van der Waals surface area contributed by atoms with Crippen LogP contribution in [0.25, 0.3) is 0 Å². The summed E-state index contributed by atoms with van der Waals surface area (Å²) >= 11 is 1.57. The number of hydrogen-bond donors (Lipinski definition) is 1. The average molecular weight is 301 g/mol. The second-order valence-corrected chi connectivity index (χ2v) is 5.21. The zero-order chi connectivity index (χ0) is 15.1. The predicted molar refractivity (Wildman–Crippen MR) is 77.6 cm³/mol. The SMILES string of the molecule is O=C([O-])CNC(=O)c1cccc(CSc2ccccn2)c1. The second-order valence-electron chi connectivity index (χ2n) is 4.21. The number of hydrogen-bond acceptors (Lipinski definition) is 5. The first kappa shape index (κ1) is 15.1. The Bertz CT molecular complexity index is 632. The fourth-order valence-corrected chi connectivity index (χ4v) is 2.45. The number of nitrogens with one attached hydrogen (secondary N) is 1. The summed E-state index contributed by atoms with van der Waals surface area (Å²) < 4.78 is 0. The van der Waals surface area contributed by atoms with Crippen molar-refractivity contribution in [1.82, 2.24) is 10.3 Å². The lowest BCUT2D eigenvalue weighted by Gasteiger charge is -2.07. The fraction of sp³-hybridized carbons (Fsp3) is 0.133. The molecule has 1 heterocycles. The van der Waals surface area contributed by atoms with E-state index in [1.165, 1.54) is 0 Å². The summed E-state index contributed by atoms with van der Waals surface area (Å²) in [5.74, 6) is -1.06. The van der Waals surface area contributed by atoms with E-state index in [1.54, 1.807) is 36.2 Å². The number of carbonyl (C=O) groups excluding carboxylic acids is 2. The molecule has 0 fully saturated rings. The molecule has 1 N–H and O–H groups in total. The van der Waals surface area contributed by atoms with E-state index in [0.29, 0.717) is 11.3 Å². The molecule has 0 saturated heterocycles. The van der Waals surface area contributed by atoms with Crippen molar-refractivity contribution in [3.63, 3.8) is 0 Å². The van der Waals surface area contributed by atoms with Crippen molar-refractivity contribution in [2.45, 2.75) is 10.8 Å². The van der Waals surface area contributed by atoms with Crippen LogP contribution in [0, 0.1) is 0 Å². The standard InChI is InChI=1S/C15H14N2O3S/c18-14(19)9-17-15(20)12-5-3-4-11(8-12)10-21-13-6-1-2-7-16-13/h1-8H,9-10H2,(H,17,20)(H,18,19)/p-1. The normalized spacial score (nSPS) is 10.1. The highest BCUT2D eigenvalue weighted by molar-refractivity contribution is 7.98. The van der Waals surface area contributed by atoms with Crippen molar-refractivity contribution in [3.8, 4) is 0 Å². The summed E-state index contributed by atoms with van der Waals surface area (Å²) in [6.07, 6.45) is 1.73. The molecule has 0 saturated carbocycles. The van der Waals surface area contributed by atoms with Gasteiger partial charge in [-0.05, 0) is 29.8 Å². The van der Waals surface area contributed by atoms with Crippen LogP contribution in [0.1, 0.15) is 15.9 Å². The Morgan fingerprint density at radius 3 is 2.76 bits per heavy atom. The maximum Gasteiger partial charge on any atom is 0.251 e. The molecule has 2 aromatic rings. The number of rotatable bonds is 6. The van der Waals surface area contributed by atoms with E-state index in [9.17, 15) is 14.7 Å². The van der Waals surface area contributed by atoms with Crippen LogP contribution in [0.4, 0.5) is 0 Å². The smallest absolute Gasteiger partial charge is 0.251 e. The third-order valence-corrected chi connectivity index (χ3v) is 3.62. The van der Waals surface area contributed by atoms with Crippen LogP contribution in [0.5, 0.6) is 0 Å². The lowest BCUT2D eigenvalue weighted by Crippen LogP contribution is -2.37. The molecule has 5 nitrogen and oxygen atoms in total. The number of nitrogens with zero attached hydrogens (tertiary/aromatic N) is 1. The van der Waals surface area contributed by atoms with Crippen LogP contribution in [0.15, 0.2) is 53.7 Å². The second kappa shape index (κ2) is 7.44. The van der Waals surface area contributed by atoms with E-state index >= 15 is 0 Å². The van der Waals surface area contributed by atoms with Crippen LogP contribution in [0.2, 0.25) is 0 Å². The van der Waals surface area contributed by atoms with E-state index in [0.717, 1.165) is 10.6 Å². The number of carboxylic acid groups (broad SMARTS) is 1. The minimum Gasteiger partial charge on any atom is -0.548 e. The lowest BCUT2D eigenvalue weighted by atomic mass is 10.1. The Balaban J connectivity index is 1.97. The number of amides is 1. The number of aromatic nitrogens is 1. The van der Waals surface area contributed by atoms with Gasteiger partial charge < -0.3 is 15.2 Å². The Morgan fingerprint density at radius 2 is 2.05 bits per heavy atom. The van der Waals surface area contributed by atoms with Gasteiger partial charge in [0, 0.05) is 17.5 Å². The summed E-state index contributed by atoms with van der Waals surface area (Å²) in [6.45, 7) is -0.494. The molecule has 0 unspecified atom stereocenters. The summed E-state index contributed by atoms with van der Waals surface area (Å²) in [7, 11) is 0. The Kier molecular flexibility index (Phi) is 5.34. The first-order valence-corrected chi connectivity index (χ1v) is 7.24. The molecule has 21 heavy (non-hydrogen) atoms. The zero-order valence-electron chi connectivity index (χ0n) is 11.1. The number of carbonyl (C=O) groups is 2. The summed E-state index contributed by atoms with van der Waals surface area (Å²) in [5, 5.41) is 13.5. The first-order chi connectivity index (χ1) is 10.1. The molecule has 2 rings (SSSR count). The maximum atomic E-state index is 11.8. The highest BCUT2D eigenvalue weighted by Crippen LogP contribution is 2.20. The first-order valence-electron chi connectivity index (χ1n) is 6.26. The van der Waals surface area contributed by atoms with Crippen LogP contribution in [0.3, 0.4) is 0 Å². The minimum atomic E-state index is -1.31. The maximum absolute atomic E-state index is 11.8. The third kappa shape index (κ3) is 4.92. The van der Waals surface area contributed by atoms with Crippen molar-refractivity contribution in [1.29, 1.82) is 0 Å². The van der Waals surface area contributed by atoms with Gasteiger partial charge in [0.05, 0.1) is 17.5 Å². The molecule has 0 aliphatic rings. The van der Waals surface area contributed by atoms with Gasteiger partial charge in [-0.3, -0.25) is 4.79 Å². The van der Waals surface area contributed by atoms with Gasteiger partial charge in [-0.25, -0.2) is 4.98 Å². The predicted octanol–water partition coefficient (Wildman–Crippen LogP) is 0.854. The van der Waals surface area contributed by atoms with Gasteiger partial charge >= 0.3 is 0 Å². The van der Waals surface area contributed by atoms with Gasteiger partial charge in [-0.1, -0.05) is 18.2 Å². The summed E-state index contributed by atoms with van der Waals surface area (Å²) in [6, 6.07) is 12.7. The monoisotopic (exact) mass is 301 g/mol. The summed E-state index contributed by atoms with van der Waals surface area (Å²) in [4.78, 5) is 26.3. The number of carboxylic acids is 1. The van der Waals surface area contributed by atoms with Gasteiger partial charge in [-0.15, -0.1) is 11.8 Å². The Hall–Kier alpha value is -2.34. The largest absolute Gasteiger partial charge is 0.548 e. The molecule has 1 amide bonds. The topological polar surface area (TPSA) is 82.1 Å². The van der Waals surface area contributed by atoms with Crippen LogP contribution in [-0.2, 0) is 10.5 Å². The van der Waals surface area contributed by atoms with E-state index in [1.807, 2.05) is 24.3 Å². The molecule has 0 aliphatic carbocycles. The van der Waals surface area contributed by atoms with Crippen molar-refractivity contribution >= 4 is 23.6 Å². The van der Waals surface area contributed by atoms with Gasteiger partial charge in [0.2, 0.25) is 0 Å². The van der Waals surface area contributed by atoms with Crippen LogP contribution in [-0.4, -0.2) is 23.4 Å². The van der Waals surface area contributed by atoms with Crippen LogP contribution < -0.4 is 10.4 Å². The molecule has 0 atom stereocenters. The van der Waals surface area contributed by atoms with E-state index in [-0.39, 0.29) is 0 Å². The highest BCUT2D eigenvalue weighted by Gasteiger charge is 2.06. The van der Waals surface area contributed by atoms with E-state index in [2.05, 4.69) is 10.3 Å². The van der Waals surface area contributed by atoms with E-state index < -0.39 is 18.4 Å². The highest BCUT2D eigenvalue weighted by atomic mass is 32.2. The third-order valence-electron chi connectivity index (χ3n) is 2.61. The molecule has 6 heteroatoms. The van der Waals surface area contributed by atoms with Crippen molar-refractivity contribution in [2.24, 2.45) is 0 Å². The number of benzene rings is 1. The molecule has 0 radical (unpaired) electrons. The van der Waals surface area contributed by atoms with Crippen LogP contribution >= 0.6 is 11.8 Å². The number of pyridine rings is 1.